The topological polar surface area (TPSA) is 67.2 Å². The first kappa shape index (κ1) is 19.3. The molecular weight excluding hydrogens is 368 g/mol. The molecule has 1 aliphatic heterocycles. The summed E-state index contributed by atoms with van der Waals surface area (Å²) in [7, 11) is 3.96. The van der Waals surface area contributed by atoms with E-state index in [1.54, 1.807) is 23.2 Å². The van der Waals surface area contributed by atoms with E-state index in [1.807, 2.05) is 55.4 Å². The monoisotopic (exact) mass is 392 g/mol. The van der Waals surface area contributed by atoms with Gasteiger partial charge < -0.3 is 14.5 Å². The standard InChI is InChI=1S/C22H24N4O3/c1-24(2)15-18-20(16-8-4-3-5-9-16)26(12-13-29-18)22(28)17-14-23-19-10-6-7-11-25(19)21(17)27/h3-11,14,18,20H,12-13,15H2,1-2H3/t18-,20-/m0/s1. The minimum atomic E-state index is -0.358. The highest BCUT2D eigenvalue weighted by molar-refractivity contribution is 5.94. The van der Waals surface area contributed by atoms with Gasteiger partial charge in [-0.15, -0.1) is 0 Å². The zero-order chi connectivity index (χ0) is 20.4. The maximum Gasteiger partial charge on any atom is 0.270 e. The third-order valence-corrected chi connectivity index (χ3v) is 5.14. The van der Waals surface area contributed by atoms with Gasteiger partial charge >= 0.3 is 0 Å². The molecule has 2 atom stereocenters. The van der Waals surface area contributed by atoms with Crippen LogP contribution in [0.2, 0.25) is 0 Å². The highest BCUT2D eigenvalue weighted by Crippen LogP contribution is 2.31. The van der Waals surface area contributed by atoms with Crippen LogP contribution in [0.1, 0.15) is 22.0 Å². The molecule has 0 aliphatic carbocycles. The van der Waals surface area contributed by atoms with Gasteiger partial charge in [-0.05, 0) is 31.8 Å². The maximum atomic E-state index is 13.5. The summed E-state index contributed by atoms with van der Waals surface area (Å²) in [5, 5.41) is 0. The third kappa shape index (κ3) is 3.79. The van der Waals surface area contributed by atoms with Crippen LogP contribution in [0.15, 0.2) is 65.7 Å². The van der Waals surface area contributed by atoms with Crippen LogP contribution in [-0.2, 0) is 4.74 Å². The number of nitrogens with zero attached hydrogens (tertiary/aromatic N) is 4. The molecule has 29 heavy (non-hydrogen) atoms. The third-order valence-electron chi connectivity index (χ3n) is 5.14. The fourth-order valence-electron chi connectivity index (χ4n) is 3.85. The first-order valence-corrected chi connectivity index (χ1v) is 9.65. The van der Waals surface area contributed by atoms with Crippen LogP contribution < -0.4 is 5.56 Å². The largest absolute Gasteiger partial charge is 0.373 e. The normalized spacial score (nSPS) is 19.6. The number of fused-ring (bicyclic) bond motifs is 1. The molecular formula is C22H24N4O3. The molecule has 1 amide bonds. The summed E-state index contributed by atoms with van der Waals surface area (Å²) in [5.74, 6) is -0.318. The molecule has 0 N–H and O–H groups in total. The van der Waals surface area contributed by atoms with Crippen LogP contribution >= 0.6 is 0 Å². The van der Waals surface area contributed by atoms with Gasteiger partial charge in [-0.3, -0.25) is 14.0 Å². The average molecular weight is 392 g/mol. The van der Waals surface area contributed by atoms with E-state index in [2.05, 4.69) is 4.98 Å². The molecule has 4 rings (SSSR count). The molecule has 7 heteroatoms. The van der Waals surface area contributed by atoms with Gasteiger partial charge in [-0.1, -0.05) is 36.4 Å². The second-order valence-corrected chi connectivity index (χ2v) is 7.43. The lowest BCUT2D eigenvalue weighted by Crippen LogP contribution is -2.52. The molecule has 1 aliphatic rings. The number of benzene rings is 1. The van der Waals surface area contributed by atoms with E-state index in [4.69, 9.17) is 4.74 Å². The van der Waals surface area contributed by atoms with Gasteiger partial charge in [0.05, 0.1) is 18.8 Å². The predicted molar refractivity (Wildman–Crippen MR) is 110 cm³/mol. The minimum absolute atomic E-state index is 0.0696. The van der Waals surface area contributed by atoms with Crippen molar-refractivity contribution in [2.45, 2.75) is 12.1 Å². The number of pyridine rings is 1. The predicted octanol–water partition coefficient (Wildman–Crippen LogP) is 1.84. The van der Waals surface area contributed by atoms with Gasteiger partial charge in [0.15, 0.2) is 0 Å². The van der Waals surface area contributed by atoms with Crippen molar-refractivity contribution in [2.24, 2.45) is 0 Å². The molecule has 3 heterocycles. The molecule has 1 saturated heterocycles. The molecule has 0 spiro atoms. The van der Waals surface area contributed by atoms with E-state index >= 15 is 0 Å². The number of carbonyl (C=O) groups is 1. The van der Waals surface area contributed by atoms with Crippen LogP contribution in [0.4, 0.5) is 0 Å². The Morgan fingerprint density at radius 1 is 1.17 bits per heavy atom. The Morgan fingerprint density at radius 3 is 2.69 bits per heavy atom. The number of likely N-dealkylation sites (N-methyl/N-ethyl adjacent to an activating group) is 1. The number of aromatic nitrogens is 2. The van der Waals surface area contributed by atoms with E-state index in [9.17, 15) is 9.59 Å². The lowest BCUT2D eigenvalue weighted by Gasteiger charge is -2.42. The van der Waals surface area contributed by atoms with E-state index in [0.717, 1.165) is 5.56 Å². The number of morpholine rings is 1. The van der Waals surface area contributed by atoms with Crippen molar-refractivity contribution in [1.29, 1.82) is 0 Å². The van der Waals surface area contributed by atoms with Crippen molar-refractivity contribution in [1.82, 2.24) is 19.2 Å². The van der Waals surface area contributed by atoms with Crippen LogP contribution in [0.5, 0.6) is 0 Å². The molecule has 0 bridgehead atoms. The summed E-state index contributed by atoms with van der Waals surface area (Å²) in [6.07, 6.45) is 2.82. The lowest BCUT2D eigenvalue weighted by molar-refractivity contribution is -0.0685. The van der Waals surface area contributed by atoms with Crippen LogP contribution in [0.3, 0.4) is 0 Å². The SMILES string of the molecule is CN(C)C[C@@H]1OCCN(C(=O)c2cnc3ccccn3c2=O)[C@H]1c1ccccc1. The zero-order valence-corrected chi connectivity index (χ0v) is 16.6. The Balaban J connectivity index is 1.76. The number of carbonyl (C=O) groups excluding carboxylic acids is 1. The summed E-state index contributed by atoms with van der Waals surface area (Å²) < 4.78 is 7.44. The Morgan fingerprint density at radius 2 is 1.93 bits per heavy atom. The maximum absolute atomic E-state index is 13.5. The quantitative estimate of drug-likeness (QED) is 0.678. The van der Waals surface area contributed by atoms with E-state index in [0.29, 0.717) is 25.3 Å². The van der Waals surface area contributed by atoms with Crippen LogP contribution in [0, 0.1) is 0 Å². The number of rotatable bonds is 4. The molecule has 1 aromatic carbocycles. The Hall–Kier alpha value is -3.03. The highest BCUT2D eigenvalue weighted by atomic mass is 16.5. The second-order valence-electron chi connectivity index (χ2n) is 7.43. The molecule has 0 unspecified atom stereocenters. The Labute approximate surface area is 169 Å². The van der Waals surface area contributed by atoms with Crippen molar-refractivity contribution in [3.8, 4) is 0 Å². The van der Waals surface area contributed by atoms with Gasteiger partial charge in [0.2, 0.25) is 0 Å². The van der Waals surface area contributed by atoms with Gasteiger partial charge in [-0.25, -0.2) is 4.98 Å². The number of amides is 1. The molecule has 0 radical (unpaired) electrons. The molecule has 7 nitrogen and oxygen atoms in total. The highest BCUT2D eigenvalue weighted by Gasteiger charge is 2.37. The van der Waals surface area contributed by atoms with Crippen LogP contribution in [0.25, 0.3) is 5.65 Å². The lowest BCUT2D eigenvalue weighted by atomic mass is 9.97. The molecule has 1 fully saturated rings. The van der Waals surface area contributed by atoms with Gasteiger partial charge in [0.1, 0.15) is 11.2 Å². The van der Waals surface area contributed by atoms with Gasteiger partial charge in [0, 0.05) is 25.5 Å². The first-order valence-electron chi connectivity index (χ1n) is 9.65. The first-order chi connectivity index (χ1) is 14.1. The van der Waals surface area contributed by atoms with Crippen molar-refractivity contribution in [3.05, 3.63) is 82.4 Å². The Bertz CT molecular complexity index is 1060. The van der Waals surface area contributed by atoms with Gasteiger partial charge in [-0.2, -0.15) is 0 Å². The van der Waals surface area contributed by atoms with E-state index in [-0.39, 0.29) is 29.2 Å². The number of ether oxygens (including phenoxy) is 1. The summed E-state index contributed by atoms with van der Waals surface area (Å²) in [6.45, 7) is 1.51. The average Bonchev–Trinajstić information content (AvgIpc) is 2.74. The van der Waals surface area contributed by atoms with Crippen molar-refractivity contribution < 1.29 is 9.53 Å². The summed E-state index contributed by atoms with van der Waals surface area (Å²) in [6, 6.07) is 14.8. The smallest absolute Gasteiger partial charge is 0.270 e. The molecule has 2 aromatic heterocycles. The van der Waals surface area contributed by atoms with E-state index in [1.165, 1.54) is 10.6 Å². The zero-order valence-electron chi connectivity index (χ0n) is 16.6. The molecule has 3 aromatic rings. The molecule has 150 valence electrons. The summed E-state index contributed by atoms with van der Waals surface area (Å²) in [5.41, 5.74) is 1.21. The molecule has 0 saturated carbocycles. The van der Waals surface area contributed by atoms with Crippen molar-refractivity contribution in [3.63, 3.8) is 0 Å². The van der Waals surface area contributed by atoms with Crippen LogP contribution in [-0.4, -0.2) is 65.0 Å². The van der Waals surface area contributed by atoms with E-state index < -0.39 is 0 Å². The summed E-state index contributed by atoms with van der Waals surface area (Å²) in [4.78, 5) is 34.5. The fourth-order valence-corrected chi connectivity index (χ4v) is 3.85. The summed E-state index contributed by atoms with van der Waals surface area (Å²) >= 11 is 0. The van der Waals surface area contributed by atoms with Gasteiger partial charge in [0.25, 0.3) is 11.5 Å². The van der Waals surface area contributed by atoms with Crippen molar-refractivity contribution >= 4 is 11.6 Å². The van der Waals surface area contributed by atoms with Crippen molar-refractivity contribution in [2.75, 3.05) is 33.8 Å². The Kier molecular flexibility index (Phi) is 5.42. The minimum Gasteiger partial charge on any atom is -0.373 e. The second kappa shape index (κ2) is 8.14. The number of hydrogen-bond acceptors (Lipinski definition) is 5. The number of hydrogen-bond donors (Lipinski definition) is 0. The fraction of sp³-hybridized carbons (Fsp3) is 0.318.